The molecule has 4 nitrogen and oxygen atoms in total. The van der Waals surface area contributed by atoms with E-state index in [0.717, 1.165) is 6.42 Å². The fraction of sp³-hybridized carbons (Fsp3) is 0.625. The summed E-state index contributed by atoms with van der Waals surface area (Å²) >= 11 is 0. The summed E-state index contributed by atoms with van der Waals surface area (Å²) in [6.07, 6.45) is 0.984. The monoisotopic (exact) mass is 164 g/mol. The van der Waals surface area contributed by atoms with Gasteiger partial charge in [-0.2, -0.15) is 5.26 Å². The summed E-state index contributed by atoms with van der Waals surface area (Å²) in [5.41, 5.74) is 0. The van der Waals surface area contributed by atoms with E-state index >= 15 is 0 Å². The number of fused-ring (bicyclic) bond motifs is 1. The van der Waals surface area contributed by atoms with E-state index in [-0.39, 0.29) is 36.6 Å². The zero-order chi connectivity index (χ0) is 8.72. The van der Waals surface area contributed by atoms with Gasteiger partial charge in [-0.05, 0) is 6.42 Å². The van der Waals surface area contributed by atoms with E-state index in [1.807, 2.05) is 6.07 Å². The van der Waals surface area contributed by atoms with E-state index in [9.17, 15) is 9.59 Å². The van der Waals surface area contributed by atoms with Gasteiger partial charge in [0.05, 0.1) is 24.3 Å². The summed E-state index contributed by atoms with van der Waals surface area (Å²) in [5.74, 6) is -0.201. The molecule has 0 aromatic heterocycles. The van der Waals surface area contributed by atoms with Gasteiger partial charge in [-0.25, -0.2) is 0 Å². The van der Waals surface area contributed by atoms with E-state index in [1.165, 1.54) is 4.90 Å². The molecule has 2 rings (SSSR count). The van der Waals surface area contributed by atoms with Gasteiger partial charge in [0.15, 0.2) is 0 Å². The molecule has 1 saturated heterocycles. The number of amides is 2. The van der Waals surface area contributed by atoms with Gasteiger partial charge in [-0.1, -0.05) is 0 Å². The van der Waals surface area contributed by atoms with E-state index in [1.54, 1.807) is 0 Å². The van der Waals surface area contributed by atoms with Crippen molar-refractivity contribution in [2.45, 2.75) is 12.8 Å². The first-order chi connectivity index (χ1) is 5.75. The Hall–Kier alpha value is -1.37. The number of nitriles is 1. The number of piperidine rings is 1. The van der Waals surface area contributed by atoms with Crippen molar-refractivity contribution in [2.24, 2.45) is 11.8 Å². The highest BCUT2D eigenvalue weighted by atomic mass is 16.2. The second kappa shape index (κ2) is 2.31. The van der Waals surface area contributed by atoms with Crippen LogP contribution < -0.4 is 0 Å². The topological polar surface area (TPSA) is 61.2 Å². The molecular weight excluding hydrogens is 156 g/mol. The first-order valence-corrected chi connectivity index (χ1v) is 3.98. The van der Waals surface area contributed by atoms with Crippen LogP contribution in [0.2, 0.25) is 0 Å². The van der Waals surface area contributed by atoms with Crippen LogP contribution >= 0.6 is 0 Å². The molecule has 4 heteroatoms. The second-order valence-electron chi connectivity index (χ2n) is 3.18. The zero-order valence-corrected chi connectivity index (χ0v) is 6.49. The fourth-order valence-corrected chi connectivity index (χ4v) is 1.63. The van der Waals surface area contributed by atoms with Crippen LogP contribution in [0.15, 0.2) is 0 Å². The first kappa shape index (κ1) is 7.29. The third-order valence-electron chi connectivity index (χ3n) is 2.40. The maximum atomic E-state index is 11.3. The van der Waals surface area contributed by atoms with Gasteiger partial charge in [-0.3, -0.25) is 14.5 Å². The Balaban J connectivity index is 2.03. The Bertz CT molecular complexity index is 272. The molecule has 12 heavy (non-hydrogen) atoms. The number of carbonyl (C=O) groups excluding carboxylic acids is 2. The minimum atomic E-state index is -0.0692. The van der Waals surface area contributed by atoms with Crippen molar-refractivity contribution in [3.05, 3.63) is 0 Å². The molecule has 0 N–H and O–H groups in total. The van der Waals surface area contributed by atoms with E-state index in [0.29, 0.717) is 0 Å². The van der Waals surface area contributed by atoms with Crippen molar-refractivity contribution in [3.63, 3.8) is 0 Å². The van der Waals surface area contributed by atoms with Crippen LogP contribution in [-0.4, -0.2) is 23.3 Å². The van der Waals surface area contributed by atoms with E-state index in [4.69, 9.17) is 5.26 Å². The molecule has 0 aromatic rings. The van der Waals surface area contributed by atoms with E-state index < -0.39 is 0 Å². The van der Waals surface area contributed by atoms with Gasteiger partial charge in [0, 0.05) is 6.54 Å². The fourth-order valence-electron chi connectivity index (χ4n) is 1.63. The van der Waals surface area contributed by atoms with Gasteiger partial charge in [0.2, 0.25) is 11.8 Å². The SMILES string of the molecule is N#CCCN1C(=O)C2CC2C1=O. The Morgan fingerprint density at radius 2 is 2.00 bits per heavy atom. The molecule has 2 aliphatic rings. The highest BCUT2D eigenvalue weighted by Gasteiger charge is 2.58. The van der Waals surface area contributed by atoms with Crippen LogP contribution in [-0.2, 0) is 9.59 Å². The van der Waals surface area contributed by atoms with Crippen LogP contribution in [0.3, 0.4) is 0 Å². The molecule has 0 bridgehead atoms. The van der Waals surface area contributed by atoms with Crippen LogP contribution in [0.5, 0.6) is 0 Å². The number of likely N-dealkylation sites (tertiary alicyclic amines) is 1. The number of hydrogen-bond donors (Lipinski definition) is 0. The number of rotatable bonds is 2. The van der Waals surface area contributed by atoms with Gasteiger partial charge >= 0.3 is 0 Å². The molecule has 2 atom stereocenters. The van der Waals surface area contributed by atoms with E-state index in [2.05, 4.69) is 0 Å². The standard InChI is InChI=1S/C8H8N2O2/c9-2-1-3-10-7(11)5-4-6(5)8(10)12/h5-6H,1,3-4H2. The molecule has 0 spiro atoms. The van der Waals surface area contributed by atoms with Crippen molar-refractivity contribution < 1.29 is 9.59 Å². The van der Waals surface area contributed by atoms with Crippen LogP contribution in [0, 0.1) is 23.2 Å². The molecule has 2 amide bonds. The molecule has 1 saturated carbocycles. The molecule has 0 aromatic carbocycles. The predicted octanol–water partition coefficient (Wildman–Crippen LogP) is -0.0950. The largest absolute Gasteiger partial charge is 0.281 e. The maximum Gasteiger partial charge on any atom is 0.233 e. The Kier molecular flexibility index (Phi) is 1.40. The lowest BCUT2D eigenvalue weighted by Gasteiger charge is -2.13. The third kappa shape index (κ3) is 0.828. The molecule has 2 fully saturated rings. The van der Waals surface area contributed by atoms with Crippen LogP contribution in [0.1, 0.15) is 12.8 Å². The molecule has 62 valence electrons. The minimum absolute atomic E-state index is 0.0313. The average Bonchev–Trinajstić information content (AvgIpc) is 2.78. The maximum absolute atomic E-state index is 11.3. The number of nitrogens with zero attached hydrogens (tertiary/aromatic N) is 2. The van der Waals surface area contributed by atoms with Gasteiger partial charge in [0.1, 0.15) is 0 Å². The summed E-state index contributed by atoms with van der Waals surface area (Å²) in [5, 5.41) is 8.28. The van der Waals surface area contributed by atoms with Gasteiger partial charge < -0.3 is 0 Å². The first-order valence-electron chi connectivity index (χ1n) is 3.98. The number of hydrogen-bond acceptors (Lipinski definition) is 3. The normalized spacial score (nSPS) is 31.8. The van der Waals surface area contributed by atoms with Crippen molar-refractivity contribution in [3.8, 4) is 6.07 Å². The lowest BCUT2D eigenvalue weighted by atomic mass is 10.3. The lowest BCUT2D eigenvalue weighted by Crippen LogP contribution is -2.33. The van der Waals surface area contributed by atoms with Gasteiger partial charge in [0.25, 0.3) is 0 Å². The summed E-state index contributed by atoms with van der Waals surface area (Å²) in [6.45, 7) is 0.279. The smallest absolute Gasteiger partial charge is 0.233 e. The summed E-state index contributed by atoms with van der Waals surface area (Å²) in [4.78, 5) is 23.7. The highest BCUT2D eigenvalue weighted by molar-refractivity contribution is 6.08. The molecule has 1 aliphatic carbocycles. The molecule has 1 aliphatic heterocycles. The molecule has 1 heterocycles. The van der Waals surface area contributed by atoms with Crippen molar-refractivity contribution in [1.82, 2.24) is 4.90 Å². The van der Waals surface area contributed by atoms with Crippen LogP contribution in [0.25, 0.3) is 0 Å². The molecular formula is C8H8N2O2. The molecule has 0 radical (unpaired) electrons. The average molecular weight is 164 g/mol. The Morgan fingerprint density at radius 1 is 1.42 bits per heavy atom. The quantitative estimate of drug-likeness (QED) is 0.535. The predicted molar refractivity (Wildman–Crippen MR) is 38.5 cm³/mol. The van der Waals surface area contributed by atoms with Crippen LogP contribution in [0.4, 0.5) is 0 Å². The number of carbonyl (C=O) groups is 2. The highest BCUT2D eigenvalue weighted by Crippen LogP contribution is 2.46. The van der Waals surface area contributed by atoms with Crippen molar-refractivity contribution in [2.75, 3.05) is 6.54 Å². The van der Waals surface area contributed by atoms with Crippen molar-refractivity contribution in [1.29, 1.82) is 5.26 Å². The van der Waals surface area contributed by atoms with Crippen molar-refractivity contribution >= 4 is 11.8 Å². The summed E-state index contributed by atoms with van der Waals surface area (Å²) < 4.78 is 0. The summed E-state index contributed by atoms with van der Waals surface area (Å²) in [6, 6.07) is 1.92. The Labute approximate surface area is 69.8 Å². The lowest BCUT2D eigenvalue weighted by molar-refractivity contribution is -0.141. The zero-order valence-electron chi connectivity index (χ0n) is 6.49. The second-order valence-corrected chi connectivity index (χ2v) is 3.18. The Morgan fingerprint density at radius 3 is 2.50 bits per heavy atom. The third-order valence-corrected chi connectivity index (χ3v) is 2.40. The molecule has 2 unspecified atom stereocenters. The minimum Gasteiger partial charge on any atom is -0.281 e. The summed E-state index contributed by atoms with van der Waals surface area (Å²) in [7, 11) is 0. The number of imide groups is 1. The van der Waals surface area contributed by atoms with Gasteiger partial charge in [-0.15, -0.1) is 0 Å².